The predicted octanol–water partition coefficient (Wildman–Crippen LogP) is 1.24. The van der Waals surface area contributed by atoms with Gasteiger partial charge in [-0.1, -0.05) is 6.92 Å². The summed E-state index contributed by atoms with van der Waals surface area (Å²) in [4.78, 5) is -0.705. The van der Waals surface area contributed by atoms with Crippen LogP contribution in [0.15, 0.2) is 28.0 Å². The first-order valence-electron chi connectivity index (χ1n) is 7.86. The summed E-state index contributed by atoms with van der Waals surface area (Å²) in [7, 11) is -7.54. The highest BCUT2D eigenvalue weighted by atomic mass is 32.2. The number of sulfonamides is 1. The molecule has 2 rings (SSSR count). The summed E-state index contributed by atoms with van der Waals surface area (Å²) >= 11 is 0. The molecule has 0 unspecified atom stereocenters. The SMILES string of the molecule is CCNCC1CCN(S(=O)(=O)c2ccc(S(C)(=O)=O)c(F)c2)CC1. The summed E-state index contributed by atoms with van der Waals surface area (Å²) in [6.45, 7) is 4.53. The molecule has 136 valence electrons. The number of hydrogen-bond donors (Lipinski definition) is 1. The molecule has 0 aliphatic carbocycles. The zero-order chi connectivity index (χ0) is 18.0. The fourth-order valence-corrected chi connectivity index (χ4v) is 5.00. The van der Waals surface area contributed by atoms with Gasteiger partial charge in [0.05, 0.1) is 4.90 Å². The normalized spacial score (nSPS) is 18.0. The smallest absolute Gasteiger partial charge is 0.243 e. The maximum absolute atomic E-state index is 14.0. The van der Waals surface area contributed by atoms with Gasteiger partial charge in [-0.05, 0) is 50.0 Å². The van der Waals surface area contributed by atoms with Crippen LogP contribution in [0.3, 0.4) is 0 Å². The van der Waals surface area contributed by atoms with E-state index < -0.39 is 30.6 Å². The second-order valence-electron chi connectivity index (χ2n) is 6.02. The van der Waals surface area contributed by atoms with Crippen molar-refractivity contribution >= 4 is 19.9 Å². The minimum atomic E-state index is -3.81. The molecule has 0 atom stereocenters. The van der Waals surface area contributed by atoms with Crippen LogP contribution in [0, 0.1) is 11.7 Å². The Bertz CT molecular complexity index is 786. The monoisotopic (exact) mass is 378 g/mol. The molecule has 1 aromatic carbocycles. The number of halogens is 1. The van der Waals surface area contributed by atoms with Crippen molar-refractivity contribution in [1.82, 2.24) is 9.62 Å². The molecule has 1 N–H and O–H groups in total. The molecule has 1 heterocycles. The lowest BCUT2D eigenvalue weighted by atomic mass is 9.98. The topological polar surface area (TPSA) is 83.6 Å². The van der Waals surface area contributed by atoms with Crippen molar-refractivity contribution in [2.45, 2.75) is 29.6 Å². The van der Waals surface area contributed by atoms with Gasteiger partial charge in [-0.2, -0.15) is 4.31 Å². The Labute approximate surface area is 143 Å². The lowest BCUT2D eigenvalue weighted by Crippen LogP contribution is -2.40. The molecule has 1 saturated heterocycles. The van der Waals surface area contributed by atoms with Crippen LogP contribution in [-0.4, -0.2) is 53.6 Å². The second-order valence-corrected chi connectivity index (χ2v) is 9.94. The first kappa shape index (κ1) is 19.3. The molecular weight excluding hydrogens is 355 g/mol. The Kier molecular flexibility index (Phi) is 6.00. The maximum Gasteiger partial charge on any atom is 0.243 e. The summed E-state index contributed by atoms with van der Waals surface area (Å²) in [5.74, 6) is -0.610. The van der Waals surface area contributed by atoms with Crippen molar-refractivity contribution in [2.75, 3.05) is 32.4 Å². The molecule has 1 aliphatic heterocycles. The van der Waals surface area contributed by atoms with Crippen LogP contribution in [0.4, 0.5) is 4.39 Å². The van der Waals surface area contributed by atoms with E-state index >= 15 is 0 Å². The number of nitrogens with one attached hydrogen (secondary N) is 1. The van der Waals surface area contributed by atoms with E-state index in [4.69, 9.17) is 0 Å². The van der Waals surface area contributed by atoms with Gasteiger partial charge < -0.3 is 5.32 Å². The molecule has 6 nitrogen and oxygen atoms in total. The lowest BCUT2D eigenvalue weighted by molar-refractivity contribution is 0.268. The summed E-state index contributed by atoms with van der Waals surface area (Å²) in [6.07, 6.45) is 2.38. The van der Waals surface area contributed by atoms with Crippen molar-refractivity contribution in [2.24, 2.45) is 5.92 Å². The first-order valence-corrected chi connectivity index (χ1v) is 11.2. The minimum absolute atomic E-state index is 0.211. The van der Waals surface area contributed by atoms with Gasteiger partial charge in [-0.25, -0.2) is 21.2 Å². The molecule has 0 saturated carbocycles. The van der Waals surface area contributed by atoms with Gasteiger partial charge in [-0.3, -0.25) is 0 Å². The maximum atomic E-state index is 14.0. The Morgan fingerprint density at radius 2 is 1.83 bits per heavy atom. The van der Waals surface area contributed by atoms with Crippen molar-refractivity contribution in [3.05, 3.63) is 24.0 Å². The second kappa shape index (κ2) is 7.47. The van der Waals surface area contributed by atoms with Gasteiger partial charge in [-0.15, -0.1) is 0 Å². The zero-order valence-corrected chi connectivity index (χ0v) is 15.5. The molecule has 0 bridgehead atoms. The van der Waals surface area contributed by atoms with Crippen molar-refractivity contribution in [3.8, 4) is 0 Å². The van der Waals surface area contributed by atoms with Gasteiger partial charge in [0.2, 0.25) is 10.0 Å². The van der Waals surface area contributed by atoms with E-state index in [0.717, 1.165) is 50.4 Å². The summed E-state index contributed by atoms with van der Waals surface area (Å²) in [6, 6.07) is 2.95. The average Bonchev–Trinajstić information content (AvgIpc) is 2.52. The van der Waals surface area contributed by atoms with Crippen LogP contribution in [0.5, 0.6) is 0 Å². The number of piperidine rings is 1. The predicted molar refractivity (Wildman–Crippen MR) is 89.5 cm³/mol. The van der Waals surface area contributed by atoms with Crippen molar-refractivity contribution in [1.29, 1.82) is 0 Å². The molecule has 0 radical (unpaired) electrons. The van der Waals surface area contributed by atoms with Gasteiger partial charge in [0.25, 0.3) is 0 Å². The molecule has 1 aliphatic rings. The molecular formula is C15H23FN2O4S2. The van der Waals surface area contributed by atoms with E-state index in [1.54, 1.807) is 0 Å². The molecule has 0 amide bonds. The van der Waals surface area contributed by atoms with Gasteiger partial charge in [0.15, 0.2) is 9.84 Å². The summed E-state index contributed by atoms with van der Waals surface area (Å²) in [5.41, 5.74) is 0. The average molecular weight is 378 g/mol. The van der Waals surface area contributed by atoms with E-state index in [0.29, 0.717) is 19.0 Å². The van der Waals surface area contributed by atoms with E-state index in [1.165, 1.54) is 4.31 Å². The molecule has 9 heteroatoms. The Morgan fingerprint density at radius 3 is 2.33 bits per heavy atom. The van der Waals surface area contributed by atoms with E-state index in [9.17, 15) is 21.2 Å². The number of benzene rings is 1. The first-order chi connectivity index (χ1) is 11.2. The fraction of sp³-hybridized carbons (Fsp3) is 0.600. The Morgan fingerprint density at radius 1 is 1.21 bits per heavy atom. The highest BCUT2D eigenvalue weighted by Crippen LogP contribution is 2.25. The highest BCUT2D eigenvalue weighted by molar-refractivity contribution is 7.90. The van der Waals surface area contributed by atoms with Crippen LogP contribution in [0.2, 0.25) is 0 Å². The standard InChI is InChI=1S/C15H23FN2O4S2/c1-3-17-11-12-6-8-18(9-7-12)24(21,22)13-4-5-15(14(16)10-13)23(2,19)20/h4-5,10,12,17H,3,6-9,11H2,1-2H3. The van der Waals surface area contributed by atoms with Crippen LogP contribution < -0.4 is 5.32 Å². The van der Waals surface area contributed by atoms with Crippen LogP contribution in [-0.2, 0) is 19.9 Å². The minimum Gasteiger partial charge on any atom is -0.317 e. The van der Waals surface area contributed by atoms with Crippen LogP contribution in [0.1, 0.15) is 19.8 Å². The van der Waals surface area contributed by atoms with E-state index in [2.05, 4.69) is 5.32 Å². The number of nitrogens with zero attached hydrogens (tertiary/aromatic N) is 1. The van der Waals surface area contributed by atoms with Crippen molar-refractivity contribution in [3.63, 3.8) is 0 Å². The zero-order valence-electron chi connectivity index (χ0n) is 13.8. The van der Waals surface area contributed by atoms with Crippen molar-refractivity contribution < 1.29 is 21.2 Å². The number of sulfone groups is 1. The van der Waals surface area contributed by atoms with Gasteiger partial charge >= 0.3 is 0 Å². The highest BCUT2D eigenvalue weighted by Gasteiger charge is 2.30. The Balaban J connectivity index is 2.16. The largest absolute Gasteiger partial charge is 0.317 e. The summed E-state index contributed by atoms with van der Waals surface area (Å²) < 4.78 is 63.4. The van der Waals surface area contributed by atoms with Gasteiger partial charge in [0.1, 0.15) is 10.7 Å². The fourth-order valence-electron chi connectivity index (χ4n) is 2.79. The molecule has 0 spiro atoms. The third-order valence-electron chi connectivity index (χ3n) is 4.20. The van der Waals surface area contributed by atoms with Crippen LogP contribution in [0.25, 0.3) is 0 Å². The van der Waals surface area contributed by atoms with E-state index in [1.807, 2.05) is 6.92 Å². The summed E-state index contributed by atoms with van der Waals surface area (Å²) in [5, 5.41) is 3.26. The molecule has 1 aromatic rings. The third-order valence-corrected chi connectivity index (χ3v) is 7.22. The van der Waals surface area contributed by atoms with E-state index in [-0.39, 0.29) is 4.90 Å². The molecule has 24 heavy (non-hydrogen) atoms. The van der Waals surface area contributed by atoms with Crippen LogP contribution >= 0.6 is 0 Å². The molecule has 0 aromatic heterocycles. The number of rotatable bonds is 6. The lowest BCUT2D eigenvalue weighted by Gasteiger charge is -2.31. The number of hydrogen-bond acceptors (Lipinski definition) is 5. The molecule has 1 fully saturated rings. The quantitative estimate of drug-likeness (QED) is 0.805. The Hall–Kier alpha value is -1.03. The van der Waals surface area contributed by atoms with Gasteiger partial charge in [0, 0.05) is 19.3 Å². The third kappa shape index (κ3) is 4.33.